The number of likely N-dealkylation sites (tertiary alicyclic amines) is 1. The third-order valence-corrected chi connectivity index (χ3v) is 6.69. The van der Waals surface area contributed by atoms with Crippen LogP contribution in [0.4, 0.5) is 5.69 Å². The van der Waals surface area contributed by atoms with E-state index in [4.69, 9.17) is 0 Å². The summed E-state index contributed by atoms with van der Waals surface area (Å²) in [5, 5.41) is 3.11. The monoisotopic (exact) mass is 370 g/mol. The molecule has 1 aliphatic carbocycles. The molecule has 1 heterocycles. The van der Waals surface area contributed by atoms with Gasteiger partial charge in [0.1, 0.15) is 0 Å². The number of hydrogen-bond donors (Lipinski definition) is 1. The summed E-state index contributed by atoms with van der Waals surface area (Å²) >= 11 is 0. The maximum atomic E-state index is 13.0. The number of carbonyl (C=O) groups is 2. The van der Waals surface area contributed by atoms with Crippen LogP contribution in [-0.2, 0) is 9.59 Å². The van der Waals surface area contributed by atoms with E-state index in [1.807, 2.05) is 19.1 Å². The SMILES string of the molecule is CCC1CCCCN1C(=O)C1CCC(C(=O)Nc2cccc(C)c2C)CC1. The Morgan fingerprint density at radius 3 is 2.44 bits per heavy atom. The van der Waals surface area contributed by atoms with E-state index in [2.05, 4.69) is 30.1 Å². The summed E-state index contributed by atoms with van der Waals surface area (Å²) in [5.41, 5.74) is 3.23. The smallest absolute Gasteiger partial charge is 0.227 e. The van der Waals surface area contributed by atoms with E-state index in [0.717, 1.165) is 62.7 Å². The Morgan fingerprint density at radius 1 is 1.04 bits per heavy atom. The van der Waals surface area contributed by atoms with Gasteiger partial charge in [-0.25, -0.2) is 0 Å². The summed E-state index contributed by atoms with van der Waals surface area (Å²) in [6, 6.07) is 6.44. The van der Waals surface area contributed by atoms with Gasteiger partial charge in [-0.3, -0.25) is 9.59 Å². The van der Waals surface area contributed by atoms with Crippen LogP contribution in [0.3, 0.4) is 0 Å². The predicted octanol–water partition coefficient (Wildman–Crippen LogP) is 4.84. The van der Waals surface area contributed by atoms with Gasteiger partial charge < -0.3 is 10.2 Å². The van der Waals surface area contributed by atoms with Crippen LogP contribution >= 0.6 is 0 Å². The Hall–Kier alpha value is -1.84. The average Bonchev–Trinajstić information content (AvgIpc) is 2.71. The number of benzene rings is 1. The number of carbonyl (C=O) groups excluding carboxylic acids is 2. The highest BCUT2D eigenvalue weighted by Crippen LogP contribution is 2.33. The molecular weight excluding hydrogens is 336 g/mol. The average molecular weight is 371 g/mol. The normalized spacial score (nSPS) is 25.9. The van der Waals surface area contributed by atoms with Crippen LogP contribution in [0.2, 0.25) is 0 Å². The van der Waals surface area contributed by atoms with Crippen LogP contribution < -0.4 is 5.32 Å². The van der Waals surface area contributed by atoms with E-state index in [-0.39, 0.29) is 17.7 Å². The van der Waals surface area contributed by atoms with Gasteiger partial charge in [-0.2, -0.15) is 0 Å². The second-order valence-corrected chi connectivity index (χ2v) is 8.37. The molecule has 1 saturated heterocycles. The number of nitrogens with one attached hydrogen (secondary N) is 1. The van der Waals surface area contributed by atoms with Crippen LogP contribution in [0, 0.1) is 25.7 Å². The number of amides is 2. The summed E-state index contributed by atoms with van der Waals surface area (Å²) < 4.78 is 0. The molecule has 0 spiro atoms. The van der Waals surface area contributed by atoms with E-state index < -0.39 is 0 Å². The molecule has 2 aliphatic rings. The van der Waals surface area contributed by atoms with Crippen molar-refractivity contribution in [3.8, 4) is 0 Å². The fourth-order valence-corrected chi connectivity index (χ4v) is 4.67. The van der Waals surface area contributed by atoms with Crippen LogP contribution in [0.5, 0.6) is 0 Å². The van der Waals surface area contributed by atoms with Crippen LogP contribution in [0.15, 0.2) is 18.2 Å². The van der Waals surface area contributed by atoms with Crippen LogP contribution in [0.1, 0.15) is 69.4 Å². The molecular formula is C23H34N2O2. The molecule has 1 aliphatic heterocycles. The first-order valence-corrected chi connectivity index (χ1v) is 10.7. The first-order valence-electron chi connectivity index (χ1n) is 10.7. The van der Waals surface area contributed by atoms with Gasteiger partial charge in [-0.1, -0.05) is 19.1 Å². The van der Waals surface area contributed by atoms with Gasteiger partial charge in [-0.15, -0.1) is 0 Å². The molecule has 1 saturated carbocycles. The largest absolute Gasteiger partial charge is 0.339 e. The molecule has 1 N–H and O–H groups in total. The first-order chi connectivity index (χ1) is 13.0. The van der Waals surface area contributed by atoms with E-state index in [0.29, 0.717) is 11.9 Å². The topological polar surface area (TPSA) is 49.4 Å². The molecule has 4 nitrogen and oxygen atoms in total. The highest BCUT2D eigenvalue weighted by Gasteiger charge is 2.35. The zero-order valence-corrected chi connectivity index (χ0v) is 17.1. The number of hydrogen-bond acceptors (Lipinski definition) is 2. The fourth-order valence-electron chi connectivity index (χ4n) is 4.67. The van der Waals surface area contributed by atoms with Crippen LogP contribution in [0.25, 0.3) is 0 Å². The molecule has 3 rings (SSSR count). The van der Waals surface area contributed by atoms with Crippen molar-refractivity contribution in [2.75, 3.05) is 11.9 Å². The molecule has 2 fully saturated rings. The zero-order valence-electron chi connectivity index (χ0n) is 17.1. The summed E-state index contributed by atoms with van der Waals surface area (Å²) in [6.07, 6.45) is 7.90. The summed E-state index contributed by atoms with van der Waals surface area (Å²) in [5.74, 6) is 0.591. The van der Waals surface area contributed by atoms with Gasteiger partial charge in [0.25, 0.3) is 0 Å². The molecule has 1 unspecified atom stereocenters. The second-order valence-electron chi connectivity index (χ2n) is 8.37. The van der Waals surface area contributed by atoms with Crippen molar-refractivity contribution >= 4 is 17.5 Å². The van der Waals surface area contributed by atoms with E-state index in [1.165, 1.54) is 12.0 Å². The third-order valence-electron chi connectivity index (χ3n) is 6.69. The molecule has 1 aromatic rings. The molecule has 27 heavy (non-hydrogen) atoms. The van der Waals surface area contributed by atoms with Gasteiger partial charge in [0.2, 0.25) is 11.8 Å². The Morgan fingerprint density at radius 2 is 1.74 bits per heavy atom. The summed E-state index contributed by atoms with van der Waals surface area (Å²) in [7, 11) is 0. The fraction of sp³-hybridized carbons (Fsp3) is 0.652. The highest BCUT2D eigenvalue weighted by molar-refractivity contribution is 5.93. The summed E-state index contributed by atoms with van der Waals surface area (Å²) in [4.78, 5) is 27.8. The van der Waals surface area contributed by atoms with Crippen molar-refractivity contribution in [3.63, 3.8) is 0 Å². The number of aryl methyl sites for hydroxylation is 1. The van der Waals surface area contributed by atoms with Gasteiger partial charge >= 0.3 is 0 Å². The molecule has 4 heteroatoms. The molecule has 0 radical (unpaired) electrons. The molecule has 0 aromatic heterocycles. The zero-order chi connectivity index (χ0) is 19.4. The standard InChI is InChI=1S/C23H34N2O2/c1-4-20-9-5-6-15-25(20)23(27)19-13-11-18(12-14-19)22(26)24-21-10-7-8-16(2)17(21)3/h7-8,10,18-20H,4-6,9,11-15H2,1-3H3,(H,24,26). The van der Waals surface area contributed by atoms with Crippen molar-refractivity contribution < 1.29 is 9.59 Å². The summed E-state index contributed by atoms with van der Waals surface area (Å²) in [6.45, 7) is 7.21. The highest BCUT2D eigenvalue weighted by atomic mass is 16.2. The van der Waals surface area contributed by atoms with Crippen molar-refractivity contribution in [1.29, 1.82) is 0 Å². The molecule has 1 atom stereocenters. The number of piperidine rings is 1. The van der Waals surface area contributed by atoms with Gasteiger partial charge in [0, 0.05) is 30.1 Å². The van der Waals surface area contributed by atoms with Crippen molar-refractivity contribution in [1.82, 2.24) is 4.90 Å². The lowest BCUT2D eigenvalue weighted by molar-refractivity contribution is -0.141. The Bertz CT molecular complexity index is 677. The van der Waals surface area contributed by atoms with Crippen molar-refractivity contribution in [2.24, 2.45) is 11.8 Å². The minimum Gasteiger partial charge on any atom is -0.339 e. The Labute approximate surface area is 163 Å². The third kappa shape index (κ3) is 4.53. The van der Waals surface area contributed by atoms with E-state index in [9.17, 15) is 9.59 Å². The maximum absolute atomic E-state index is 13.0. The minimum atomic E-state index is 0.0253. The molecule has 2 amide bonds. The molecule has 0 bridgehead atoms. The lowest BCUT2D eigenvalue weighted by atomic mass is 9.80. The second kappa shape index (κ2) is 8.90. The minimum absolute atomic E-state index is 0.0253. The van der Waals surface area contributed by atoms with Gasteiger partial charge in [0.15, 0.2) is 0 Å². The predicted molar refractivity (Wildman–Crippen MR) is 110 cm³/mol. The Kier molecular flexibility index (Phi) is 6.56. The Balaban J connectivity index is 1.54. The van der Waals surface area contributed by atoms with E-state index >= 15 is 0 Å². The lowest BCUT2D eigenvalue weighted by Crippen LogP contribution is -2.47. The van der Waals surface area contributed by atoms with Crippen molar-refractivity contribution in [2.45, 2.75) is 78.2 Å². The number of anilines is 1. The first kappa shape index (κ1) is 19.9. The maximum Gasteiger partial charge on any atom is 0.227 e. The molecule has 1 aromatic carbocycles. The number of rotatable bonds is 4. The van der Waals surface area contributed by atoms with Crippen molar-refractivity contribution in [3.05, 3.63) is 29.3 Å². The quantitative estimate of drug-likeness (QED) is 0.824. The lowest BCUT2D eigenvalue weighted by Gasteiger charge is -2.39. The van der Waals surface area contributed by atoms with E-state index in [1.54, 1.807) is 0 Å². The van der Waals surface area contributed by atoms with Gasteiger partial charge in [0.05, 0.1) is 0 Å². The molecule has 148 valence electrons. The number of nitrogens with zero attached hydrogens (tertiary/aromatic N) is 1. The van der Waals surface area contributed by atoms with Crippen LogP contribution in [-0.4, -0.2) is 29.3 Å². The van der Waals surface area contributed by atoms with Gasteiger partial charge in [-0.05, 0) is 82.4 Å².